The van der Waals surface area contributed by atoms with E-state index >= 15 is 0 Å². The molecule has 0 aliphatic carbocycles. The van der Waals surface area contributed by atoms with Crippen molar-refractivity contribution in [3.05, 3.63) is 72.6 Å². The summed E-state index contributed by atoms with van der Waals surface area (Å²) >= 11 is 0. The topological polar surface area (TPSA) is 65.6 Å². The molecule has 1 aliphatic rings. The smallest absolute Gasteiger partial charge is 0.144 e. The van der Waals surface area contributed by atoms with Crippen LogP contribution in [0.3, 0.4) is 0 Å². The summed E-state index contributed by atoms with van der Waals surface area (Å²) < 4.78 is 33.8. The van der Waals surface area contributed by atoms with Gasteiger partial charge in [0, 0.05) is 68.5 Å². The molecule has 0 saturated carbocycles. The first-order chi connectivity index (χ1) is 18.5. The van der Waals surface area contributed by atoms with Gasteiger partial charge in [0.2, 0.25) is 0 Å². The van der Waals surface area contributed by atoms with Gasteiger partial charge in [-0.2, -0.15) is 0 Å². The Morgan fingerprint density at radius 3 is 2.61 bits per heavy atom. The lowest BCUT2D eigenvalue weighted by Crippen LogP contribution is -2.44. The van der Waals surface area contributed by atoms with Crippen LogP contribution >= 0.6 is 0 Å². The van der Waals surface area contributed by atoms with Crippen molar-refractivity contribution >= 4 is 28.1 Å². The number of nitrogens with one attached hydrogen (secondary N) is 2. The van der Waals surface area contributed by atoms with Crippen molar-refractivity contribution < 1.29 is 13.5 Å². The van der Waals surface area contributed by atoms with Gasteiger partial charge in [0.05, 0.1) is 17.8 Å². The predicted molar refractivity (Wildman–Crippen MR) is 148 cm³/mol. The highest BCUT2D eigenvalue weighted by Gasteiger charge is 2.14. The molecule has 38 heavy (non-hydrogen) atoms. The summed E-state index contributed by atoms with van der Waals surface area (Å²) in [5, 5.41) is 7.36. The summed E-state index contributed by atoms with van der Waals surface area (Å²) in [5.74, 6) is 0.151. The Balaban J connectivity index is 1.31. The van der Waals surface area contributed by atoms with Crippen LogP contribution in [0.4, 0.5) is 26.0 Å². The summed E-state index contributed by atoms with van der Waals surface area (Å²) in [6.07, 6.45) is 2.46. The van der Waals surface area contributed by atoms with Crippen LogP contribution in [0.1, 0.15) is 6.42 Å². The lowest BCUT2D eigenvalue weighted by atomic mass is 10.0. The molecule has 0 radical (unpaired) electrons. The Bertz CT molecular complexity index is 1410. The van der Waals surface area contributed by atoms with Crippen molar-refractivity contribution in [2.45, 2.75) is 6.42 Å². The number of halogens is 2. The Hall–Kier alpha value is -3.82. The molecule has 2 heterocycles. The number of hydrogen-bond donors (Lipinski definition) is 2. The number of hydrogen-bond acceptors (Lipinski definition) is 7. The maximum Gasteiger partial charge on any atom is 0.144 e. The van der Waals surface area contributed by atoms with Gasteiger partial charge in [-0.25, -0.2) is 18.7 Å². The monoisotopic (exact) mass is 518 g/mol. The number of fused-ring (bicyclic) bond motifs is 1. The van der Waals surface area contributed by atoms with E-state index in [9.17, 15) is 8.78 Å². The second-order valence-corrected chi connectivity index (χ2v) is 9.51. The van der Waals surface area contributed by atoms with Crippen molar-refractivity contribution in [2.75, 3.05) is 64.1 Å². The summed E-state index contributed by atoms with van der Waals surface area (Å²) in [4.78, 5) is 13.7. The molecule has 1 aromatic heterocycles. The molecule has 5 rings (SSSR count). The van der Waals surface area contributed by atoms with Crippen molar-refractivity contribution in [3.8, 4) is 16.9 Å². The maximum atomic E-state index is 14.3. The molecule has 198 valence electrons. The first-order valence-corrected chi connectivity index (χ1v) is 12.8. The molecule has 9 heteroatoms. The molecular weight excluding hydrogens is 486 g/mol. The van der Waals surface area contributed by atoms with Gasteiger partial charge in [0.15, 0.2) is 0 Å². The number of piperazine rings is 1. The second-order valence-electron chi connectivity index (χ2n) is 9.51. The Morgan fingerprint density at radius 2 is 1.82 bits per heavy atom. The maximum absolute atomic E-state index is 14.3. The van der Waals surface area contributed by atoms with Crippen LogP contribution in [0, 0.1) is 11.6 Å². The van der Waals surface area contributed by atoms with E-state index in [4.69, 9.17) is 4.74 Å². The van der Waals surface area contributed by atoms with Gasteiger partial charge < -0.3 is 25.2 Å². The molecule has 0 amide bonds. The minimum absolute atomic E-state index is 0.328. The second kappa shape index (κ2) is 11.7. The normalized spacial score (nSPS) is 14.5. The molecule has 3 aromatic carbocycles. The van der Waals surface area contributed by atoms with E-state index in [0.29, 0.717) is 23.6 Å². The van der Waals surface area contributed by atoms with Gasteiger partial charge in [-0.05, 0) is 49.4 Å². The average molecular weight is 519 g/mol. The quantitative estimate of drug-likeness (QED) is 0.289. The van der Waals surface area contributed by atoms with E-state index in [-0.39, 0.29) is 0 Å². The van der Waals surface area contributed by atoms with Gasteiger partial charge in [-0.15, -0.1) is 0 Å². The number of benzene rings is 3. The third-order valence-electron chi connectivity index (χ3n) is 6.85. The fourth-order valence-electron chi connectivity index (χ4n) is 4.66. The Labute approximate surface area is 221 Å². The van der Waals surface area contributed by atoms with E-state index in [1.807, 2.05) is 31.3 Å². The summed E-state index contributed by atoms with van der Waals surface area (Å²) in [7, 11) is 4.02. The van der Waals surface area contributed by atoms with Gasteiger partial charge >= 0.3 is 0 Å². The van der Waals surface area contributed by atoms with Crippen LogP contribution in [0.15, 0.2) is 60.9 Å². The van der Waals surface area contributed by atoms with Crippen LogP contribution in [-0.2, 0) is 0 Å². The van der Waals surface area contributed by atoms with Crippen molar-refractivity contribution in [2.24, 2.45) is 0 Å². The molecule has 2 N–H and O–H groups in total. The zero-order valence-electron chi connectivity index (χ0n) is 21.7. The Morgan fingerprint density at radius 1 is 0.974 bits per heavy atom. The SMILES string of the molecule is CNc1cc2c(Nc3cccc(-c4ccc(F)cc4F)c3)ncnc2cc1OCCCN1CCN(C)CC1. The number of ether oxygens (including phenoxy) is 1. The first kappa shape index (κ1) is 25.8. The average Bonchev–Trinajstić information content (AvgIpc) is 2.92. The highest BCUT2D eigenvalue weighted by atomic mass is 19.1. The first-order valence-electron chi connectivity index (χ1n) is 12.8. The fraction of sp³-hybridized carbons (Fsp3) is 0.310. The van der Waals surface area contributed by atoms with E-state index in [2.05, 4.69) is 37.4 Å². The lowest BCUT2D eigenvalue weighted by Gasteiger charge is -2.32. The highest BCUT2D eigenvalue weighted by Crippen LogP contribution is 2.34. The van der Waals surface area contributed by atoms with Crippen molar-refractivity contribution in [3.63, 3.8) is 0 Å². The molecule has 0 atom stereocenters. The molecule has 1 saturated heterocycles. The van der Waals surface area contributed by atoms with Crippen LogP contribution in [0.5, 0.6) is 5.75 Å². The molecule has 4 aromatic rings. The molecule has 0 spiro atoms. The number of likely N-dealkylation sites (N-methyl/N-ethyl adjacent to an activating group) is 1. The van der Waals surface area contributed by atoms with E-state index in [0.717, 1.165) is 73.2 Å². The molecule has 1 aliphatic heterocycles. The Kier molecular flexibility index (Phi) is 7.95. The lowest BCUT2D eigenvalue weighted by molar-refractivity contribution is 0.145. The van der Waals surface area contributed by atoms with Gasteiger partial charge in [0.1, 0.15) is 29.5 Å². The van der Waals surface area contributed by atoms with E-state index in [1.165, 1.54) is 18.5 Å². The zero-order valence-corrected chi connectivity index (χ0v) is 21.7. The number of rotatable bonds is 9. The van der Waals surface area contributed by atoms with E-state index in [1.54, 1.807) is 12.1 Å². The molecule has 7 nitrogen and oxygen atoms in total. The third-order valence-corrected chi connectivity index (χ3v) is 6.85. The summed E-state index contributed by atoms with van der Waals surface area (Å²) in [6, 6.07) is 14.8. The standard InChI is InChI=1S/C29H32F2N6O/c1-32-27-17-24-26(18-28(27)38-14-4-9-37-12-10-36(2)11-13-37)33-19-34-29(24)35-22-6-3-5-20(15-22)23-8-7-21(30)16-25(23)31/h3,5-8,15-19,32H,4,9-14H2,1-2H3,(H,33,34,35). The van der Waals surface area contributed by atoms with Crippen molar-refractivity contribution in [1.82, 2.24) is 19.8 Å². The minimum atomic E-state index is -0.607. The highest BCUT2D eigenvalue weighted by molar-refractivity contribution is 5.95. The minimum Gasteiger partial charge on any atom is -0.491 e. The van der Waals surface area contributed by atoms with Gasteiger partial charge in [-0.1, -0.05) is 12.1 Å². The predicted octanol–water partition coefficient (Wildman–Crippen LogP) is 5.38. The number of nitrogens with zero attached hydrogens (tertiary/aromatic N) is 4. The van der Waals surface area contributed by atoms with Crippen LogP contribution in [-0.4, -0.2) is 73.2 Å². The molecule has 0 unspecified atom stereocenters. The zero-order chi connectivity index (χ0) is 26.5. The van der Waals surface area contributed by atoms with Gasteiger partial charge in [0.25, 0.3) is 0 Å². The molecule has 1 fully saturated rings. The van der Waals surface area contributed by atoms with Gasteiger partial charge in [-0.3, -0.25) is 0 Å². The molecule has 0 bridgehead atoms. The van der Waals surface area contributed by atoms with Crippen LogP contribution < -0.4 is 15.4 Å². The summed E-state index contributed by atoms with van der Waals surface area (Å²) in [6.45, 7) is 6.06. The van der Waals surface area contributed by atoms with Crippen LogP contribution in [0.25, 0.3) is 22.0 Å². The number of anilines is 3. The third kappa shape index (κ3) is 6.00. The number of aromatic nitrogens is 2. The summed E-state index contributed by atoms with van der Waals surface area (Å²) in [5.41, 5.74) is 3.28. The fourth-order valence-corrected chi connectivity index (χ4v) is 4.66. The van der Waals surface area contributed by atoms with E-state index < -0.39 is 11.6 Å². The van der Waals surface area contributed by atoms with Crippen molar-refractivity contribution in [1.29, 1.82) is 0 Å². The van der Waals surface area contributed by atoms with Crippen LogP contribution in [0.2, 0.25) is 0 Å². The largest absolute Gasteiger partial charge is 0.491 e. The molecular formula is C29H32F2N6O.